The summed E-state index contributed by atoms with van der Waals surface area (Å²) < 4.78 is 0. The number of hydrogen-bond donors (Lipinski definition) is 2. The van der Waals surface area contributed by atoms with E-state index in [0.717, 1.165) is 6.42 Å². The molecule has 0 spiro atoms. The minimum absolute atomic E-state index is 0.0605. The summed E-state index contributed by atoms with van der Waals surface area (Å²) in [6.07, 6.45) is 4.77. The van der Waals surface area contributed by atoms with E-state index in [9.17, 15) is 10.1 Å². The number of pyridine rings is 1. The number of nitrogens with zero attached hydrogens (tertiary/aromatic N) is 2. The Bertz CT molecular complexity index is 464. The summed E-state index contributed by atoms with van der Waals surface area (Å²) >= 11 is 0. The van der Waals surface area contributed by atoms with Crippen molar-refractivity contribution in [2.45, 2.75) is 38.6 Å². The molecule has 2 rings (SSSR count). The standard InChI is InChI=1S/C13H20N4O2/c1-9-5-3-4-6-11(9)15-13-8-10(17(18)19)7-12(14-2)16-13/h7-9,11H,3-6H2,1-2H3,(H2,14,15,16). The van der Waals surface area contributed by atoms with Gasteiger partial charge in [-0.15, -0.1) is 0 Å². The van der Waals surface area contributed by atoms with Gasteiger partial charge in [0.2, 0.25) is 0 Å². The molecule has 6 nitrogen and oxygen atoms in total. The Hall–Kier alpha value is -1.85. The van der Waals surface area contributed by atoms with Crippen molar-refractivity contribution >= 4 is 17.3 Å². The number of nitrogens with one attached hydrogen (secondary N) is 2. The number of aromatic nitrogens is 1. The van der Waals surface area contributed by atoms with Gasteiger partial charge < -0.3 is 10.6 Å². The van der Waals surface area contributed by atoms with Crippen molar-refractivity contribution in [1.29, 1.82) is 0 Å². The van der Waals surface area contributed by atoms with E-state index in [1.807, 2.05) is 0 Å². The van der Waals surface area contributed by atoms with Gasteiger partial charge in [-0.3, -0.25) is 10.1 Å². The first-order valence-electron chi connectivity index (χ1n) is 6.71. The van der Waals surface area contributed by atoms with E-state index in [0.29, 0.717) is 23.6 Å². The molecule has 0 bridgehead atoms. The Morgan fingerprint density at radius 2 is 2.00 bits per heavy atom. The topological polar surface area (TPSA) is 80.1 Å². The van der Waals surface area contributed by atoms with Crippen molar-refractivity contribution in [2.75, 3.05) is 17.7 Å². The van der Waals surface area contributed by atoms with E-state index in [1.165, 1.54) is 31.4 Å². The second-order valence-electron chi connectivity index (χ2n) is 5.12. The average Bonchev–Trinajstić information content (AvgIpc) is 2.41. The molecule has 6 heteroatoms. The molecular weight excluding hydrogens is 244 g/mol. The molecule has 1 aromatic heterocycles. The summed E-state index contributed by atoms with van der Waals surface area (Å²) in [6, 6.07) is 3.30. The highest BCUT2D eigenvalue weighted by molar-refractivity contribution is 5.54. The predicted molar refractivity (Wildman–Crippen MR) is 75.5 cm³/mol. The van der Waals surface area contributed by atoms with E-state index >= 15 is 0 Å². The minimum atomic E-state index is -0.391. The van der Waals surface area contributed by atoms with Gasteiger partial charge in [-0.05, 0) is 18.8 Å². The van der Waals surface area contributed by atoms with Crippen LogP contribution in [0.5, 0.6) is 0 Å². The van der Waals surface area contributed by atoms with Gasteiger partial charge in [-0.25, -0.2) is 4.98 Å². The Balaban J connectivity index is 2.18. The van der Waals surface area contributed by atoms with Crippen LogP contribution in [0.4, 0.5) is 17.3 Å². The lowest BCUT2D eigenvalue weighted by atomic mass is 9.86. The smallest absolute Gasteiger partial charge is 0.276 e. The third-order valence-corrected chi connectivity index (χ3v) is 3.72. The second kappa shape index (κ2) is 5.86. The Labute approximate surface area is 112 Å². The van der Waals surface area contributed by atoms with Gasteiger partial charge in [-0.2, -0.15) is 0 Å². The molecule has 0 aliphatic heterocycles. The summed E-state index contributed by atoms with van der Waals surface area (Å²) in [7, 11) is 1.71. The first kappa shape index (κ1) is 13.6. The van der Waals surface area contributed by atoms with Crippen LogP contribution in [-0.2, 0) is 0 Å². The van der Waals surface area contributed by atoms with Crippen LogP contribution in [-0.4, -0.2) is 23.0 Å². The minimum Gasteiger partial charge on any atom is -0.373 e. The molecule has 1 aliphatic rings. The zero-order valence-corrected chi connectivity index (χ0v) is 11.3. The van der Waals surface area contributed by atoms with Gasteiger partial charge in [0.15, 0.2) is 0 Å². The first-order valence-corrected chi connectivity index (χ1v) is 6.71. The van der Waals surface area contributed by atoms with Crippen LogP contribution in [0.3, 0.4) is 0 Å². The van der Waals surface area contributed by atoms with Crippen molar-refractivity contribution in [3.8, 4) is 0 Å². The number of rotatable bonds is 4. The van der Waals surface area contributed by atoms with E-state index in [4.69, 9.17) is 0 Å². The molecule has 1 saturated carbocycles. The largest absolute Gasteiger partial charge is 0.373 e. The third kappa shape index (κ3) is 3.33. The highest BCUT2D eigenvalue weighted by atomic mass is 16.6. The van der Waals surface area contributed by atoms with E-state index in [-0.39, 0.29) is 5.69 Å². The molecule has 104 valence electrons. The fourth-order valence-corrected chi connectivity index (χ4v) is 2.54. The SMILES string of the molecule is CNc1cc([N+](=O)[O-])cc(NC2CCCCC2C)n1. The molecule has 0 aromatic carbocycles. The van der Waals surface area contributed by atoms with Crippen LogP contribution < -0.4 is 10.6 Å². The summed E-state index contributed by atoms with van der Waals surface area (Å²) in [5.74, 6) is 1.67. The molecule has 1 fully saturated rings. The van der Waals surface area contributed by atoms with Crippen molar-refractivity contribution in [1.82, 2.24) is 4.98 Å². The van der Waals surface area contributed by atoms with Crippen LogP contribution in [0.15, 0.2) is 12.1 Å². The van der Waals surface area contributed by atoms with Gasteiger partial charge in [0.05, 0.1) is 17.1 Å². The van der Waals surface area contributed by atoms with Crippen molar-refractivity contribution in [3.05, 3.63) is 22.2 Å². The molecule has 0 saturated heterocycles. The quantitative estimate of drug-likeness (QED) is 0.645. The lowest BCUT2D eigenvalue weighted by Crippen LogP contribution is -2.30. The van der Waals surface area contributed by atoms with E-state index < -0.39 is 4.92 Å². The molecular formula is C13H20N4O2. The van der Waals surface area contributed by atoms with E-state index in [2.05, 4.69) is 22.5 Å². The molecule has 2 atom stereocenters. The number of nitro groups is 1. The molecule has 0 amide bonds. The molecule has 1 aliphatic carbocycles. The third-order valence-electron chi connectivity index (χ3n) is 3.72. The maximum atomic E-state index is 10.9. The monoisotopic (exact) mass is 264 g/mol. The molecule has 1 heterocycles. The average molecular weight is 264 g/mol. The van der Waals surface area contributed by atoms with Crippen LogP contribution in [0.1, 0.15) is 32.6 Å². The number of anilines is 2. The second-order valence-corrected chi connectivity index (χ2v) is 5.12. The highest BCUT2D eigenvalue weighted by Gasteiger charge is 2.22. The van der Waals surface area contributed by atoms with Gasteiger partial charge in [0, 0.05) is 13.1 Å². The van der Waals surface area contributed by atoms with Gasteiger partial charge in [0.1, 0.15) is 11.6 Å². The van der Waals surface area contributed by atoms with Crippen molar-refractivity contribution < 1.29 is 4.92 Å². The molecule has 0 radical (unpaired) electrons. The maximum absolute atomic E-state index is 10.9. The zero-order chi connectivity index (χ0) is 13.8. The Morgan fingerprint density at radius 3 is 2.63 bits per heavy atom. The summed E-state index contributed by atoms with van der Waals surface area (Å²) in [6.45, 7) is 2.22. The van der Waals surface area contributed by atoms with E-state index in [1.54, 1.807) is 7.05 Å². The van der Waals surface area contributed by atoms with Gasteiger partial charge in [0.25, 0.3) is 5.69 Å². The fraction of sp³-hybridized carbons (Fsp3) is 0.615. The fourth-order valence-electron chi connectivity index (χ4n) is 2.54. The summed E-state index contributed by atoms with van der Waals surface area (Å²) in [5, 5.41) is 17.1. The van der Waals surface area contributed by atoms with Crippen LogP contribution in [0.25, 0.3) is 0 Å². The predicted octanol–water partition coefficient (Wildman–Crippen LogP) is 3.02. The Morgan fingerprint density at radius 1 is 1.32 bits per heavy atom. The number of hydrogen-bond acceptors (Lipinski definition) is 5. The first-order chi connectivity index (χ1) is 9.10. The Kier molecular flexibility index (Phi) is 4.19. The lowest BCUT2D eigenvalue weighted by Gasteiger charge is -2.29. The molecule has 19 heavy (non-hydrogen) atoms. The van der Waals surface area contributed by atoms with Crippen LogP contribution >= 0.6 is 0 Å². The molecule has 2 unspecified atom stereocenters. The molecule has 2 N–H and O–H groups in total. The maximum Gasteiger partial charge on any atom is 0.276 e. The van der Waals surface area contributed by atoms with Crippen LogP contribution in [0, 0.1) is 16.0 Å². The van der Waals surface area contributed by atoms with Crippen molar-refractivity contribution in [2.24, 2.45) is 5.92 Å². The van der Waals surface area contributed by atoms with Crippen LogP contribution in [0.2, 0.25) is 0 Å². The highest BCUT2D eigenvalue weighted by Crippen LogP contribution is 2.28. The summed E-state index contributed by atoms with van der Waals surface area (Å²) in [5.41, 5.74) is 0.0605. The van der Waals surface area contributed by atoms with Crippen molar-refractivity contribution in [3.63, 3.8) is 0 Å². The normalized spacial score (nSPS) is 22.8. The van der Waals surface area contributed by atoms with Gasteiger partial charge in [-0.1, -0.05) is 19.8 Å². The lowest BCUT2D eigenvalue weighted by molar-refractivity contribution is -0.384. The molecule has 1 aromatic rings. The zero-order valence-electron chi connectivity index (χ0n) is 11.3. The summed E-state index contributed by atoms with van der Waals surface area (Å²) in [4.78, 5) is 14.8. The van der Waals surface area contributed by atoms with Gasteiger partial charge >= 0.3 is 0 Å².